The normalized spacial score (nSPS) is 18.4. The van der Waals surface area contributed by atoms with Gasteiger partial charge in [0.05, 0.1) is 11.6 Å². The van der Waals surface area contributed by atoms with Gasteiger partial charge in [0.2, 0.25) is 0 Å². The van der Waals surface area contributed by atoms with Crippen LogP contribution in [-0.4, -0.2) is 48.5 Å². The van der Waals surface area contributed by atoms with Gasteiger partial charge in [-0.05, 0) is 56.1 Å². The van der Waals surface area contributed by atoms with Crippen molar-refractivity contribution in [1.29, 1.82) is 5.26 Å². The van der Waals surface area contributed by atoms with Crippen LogP contribution in [0.2, 0.25) is 0 Å². The second-order valence-corrected chi connectivity index (χ2v) is 5.65. The molecule has 126 valence electrons. The van der Waals surface area contributed by atoms with Crippen LogP contribution in [0, 0.1) is 17.2 Å². The quantitative estimate of drug-likeness (QED) is 0.903. The van der Waals surface area contributed by atoms with E-state index in [4.69, 9.17) is 10.00 Å². The predicted octanol–water partition coefficient (Wildman–Crippen LogP) is 2.57. The number of piperidine rings is 1. The number of benzene rings is 1. The van der Waals surface area contributed by atoms with E-state index < -0.39 is 18.2 Å². The molecule has 4 nitrogen and oxygen atoms in total. The first-order chi connectivity index (χ1) is 10.9. The SMILES string of the molecule is N#Cc1ccc(OCCN2CCC(C(O)C(F)(F)F)CC2)cc1. The summed E-state index contributed by atoms with van der Waals surface area (Å²) in [5, 5.41) is 18.0. The highest BCUT2D eigenvalue weighted by Crippen LogP contribution is 2.31. The van der Waals surface area contributed by atoms with Gasteiger partial charge >= 0.3 is 6.18 Å². The minimum atomic E-state index is -4.54. The fourth-order valence-corrected chi connectivity index (χ4v) is 2.68. The molecule has 1 heterocycles. The van der Waals surface area contributed by atoms with E-state index in [1.165, 1.54) is 0 Å². The second-order valence-electron chi connectivity index (χ2n) is 5.65. The van der Waals surface area contributed by atoms with E-state index in [9.17, 15) is 18.3 Å². The number of alkyl halides is 3. The number of nitrogens with zero attached hydrogens (tertiary/aromatic N) is 2. The molecule has 1 N–H and O–H groups in total. The summed E-state index contributed by atoms with van der Waals surface area (Å²) in [5.41, 5.74) is 0.558. The third kappa shape index (κ3) is 5.12. The first-order valence-corrected chi connectivity index (χ1v) is 7.50. The molecule has 23 heavy (non-hydrogen) atoms. The molecule has 1 aliphatic rings. The third-order valence-corrected chi connectivity index (χ3v) is 4.07. The Morgan fingerprint density at radius 2 is 1.87 bits per heavy atom. The topological polar surface area (TPSA) is 56.5 Å². The van der Waals surface area contributed by atoms with Crippen molar-refractivity contribution >= 4 is 0 Å². The van der Waals surface area contributed by atoms with Crippen LogP contribution in [-0.2, 0) is 0 Å². The summed E-state index contributed by atoms with van der Waals surface area (Å²) < 4.78 is 43.0. The Morgan fingerprint density at radius 1 is 1.26 bits per heavy atom. The van der Waals surface area contributed by atoms with E-state index >= 15 is 0 Å². The lowest BCUT2D eigenvalue weighted by molar-refractivity contribution is -0.223. The minimum absolute atomic E-state index is 0.331. The smallest absolute Gasteiger partial charge is 0.414 e. The van der Waals surface area contributed by atoms with E-state index in [0.717, 1.165) is 0 Å². The fourth-order valence-electron chi connectivity index (χ4n) is 2.68. The number of aliphatic hydroxyl groups is 1. The van der Waals surface area contributed by atoms with E-state index in [1.54, 1.807) is 24.3 Å². The van der Waals surface area contributed by atoms with Crippen molar-refractivity contribution in [1.82, 2.24) is 4.90 Å². The Hall–Kier alpha value is -1.78. The molecule has 1 fully saturated rings. The van der Waals surface area contributed by atoms with Gasteiger partial charge < -0.3 is 9.84 Å². The molecule has 1 aromatic carbocycles. The van der Waals surface area contributed by atoms with Crippen LogP contribution in [0.4, 0.5) is 13.2 Å². The number of hydrogen-bond donors (Lipinski definition) is 1. The lowest BCUT2D eigenvalue weighted by Gasteiger charge is -2.34. The summed E-state index contributed by atoms with van der Waals surface area (Å²) in [6, 6.07) is 8.78. The van der Waals surface area contributed by atoms with Crippen LogP contribution in [0.3, 0.4) is 0 Å². The first kappa shape index (κ1) is 17.6. The maximum absolute atomic E-state index is 12.5. The van der Waals surface area contributed by atoms with Gasteiger partial charge in [-0.15, -0.1) is 0 Å². The standard InChI is InChI=1S/C16H19F3N2O2/c17-16(18,19)15(22)13-5-7-21(8-6-13)9-10-23-14-3-1-12(11-20)2-4-14/h1-4,13,15,22H,5-10H2. The largest absolute Gasteiger partial charge is 0.492 e. The Labute approximate surface area is 133 Å². The fraction of sp³-hybridized carbons (Fsp3) is 0.562. The highest BCUT2D eigenvalue weighted by molar-refractivity contribution is 5.34. The molecule has 1 saturated heterocycles. The number of ether oxygens (including phenoxy) is 1. The number of nitriles is 1. The summed E-state index contributed by atoms with van der Waals surface area (Å²) in [7, 11) is 0. The molecule has 0 amide bonds. The molecule has 1 aromatic rings. The van der Waals surface area contributed by atoms with Gasteiger partial charge in [0.25, 0.3) is 0 Å². The highest BCUT2D eigenvalue weighted by Gasteiger charge is 2.44. The summed E-state index contributed by atoms with van der Waals surface area (Å²) in [6.07, 6.45) is -6.10. The molecule has 1 unspecified atom stereocenters. The zero-order valence-electron chi connectivity index (χ0n) is 12.6. The van der Waals surface area contributed by atoms with Crippen molar-refractivity contribution in [2.75, 3.05) is 26.2 Å². The molecule has 1 aliphatic heterocycles. The molecule has 1 atom stereocenters. The molecule has 0 spiro atoms. The van der Waals surface area contributed by atoms with Gasteiger partial charge in [-0.1, -0.05) is 0 Å². The molecule has 0 saturated carbocycles. The molecule has 2 rings (SSSR count). The second kappa shape index (κ2) is 7.66. The maximum atomic E-state index is 12.5. The molecule has 0 aliphatic carbocycles. The summed E-state index contributed by atoms with van der Waals surface area (Å²) in [4.78, 5) is 2.03. The zero-order valence-corrected chi connectivity index (χ0v) is 12.6. The number of aliphatic hydroxyl groups excluding tert-OH is 1. The number of halogens is 3. The lowest BCUT2D eigenvalue weighted by atomic mass is 9.91. The Kier molecular flexibility index (Phi) is 5.85. The van der Waals surface area contributed by atoms with E-state index in [2.05, 4.69) is 0 Å². The van der Waals surface area contributed by atoms with Crippen molar-refractivity contribution in [3.63, 3.8) is 0 Å². The average Bonchev–Trinajstić information content (AvgIpc) is 2.54. The molecular formula is C16H19F3N2O2. The Morgan fingerprint density at radius 3 is 2.39 bits per heavy atom. The van der Waals surface area contributed by atoms with E-state index in [-0.39, 0.29) is 0 Å². The highest BCUT2D eigenvalue weighted by atomic mass is 19.4. The third-order valence-electron chi connectivity index (χ3n) is 4.07. The van der Waals surface area contributed by atoms with Gasteiger partial charge in [-0.25, -0.2) is 0 Å². The van der Waals surface area contributed by atoms with Gasteiger partial charge in [0, 0.05) is 6.54 Å². The summed E-state index contributed by atoms with van der Waals surface area (Å²) in [6.45, 7) is 2.09. The van der Waals surface area contributed by atoms with Crippen molar-refractivity contribution in [2.24, 2.45) is 5.92 Å². The molecule has 0 radical (unpaired) electrons. The number of likely N-dealkylation sites (tertiary alicyclic amines) is 1. The van der Waals surface area contributed by atoms with Crippen LogP contribution in [0.15, 0.2) is 24.3 Å². The van der Waals surface area contributed by atoms with Gasteiger partial charge in [0.1, 0.15) is 12.4 Å². The van der Waals surface area contributed by atoms with Crippen LogP contribution < -0.4 is 4.74 Å². The van der Waals surface area contributed by atoms with Crippen LogP contribution >= 0.6 is 0 Å². The van der Waals surface area contributed by atoms with Crippen molar-refractivity contribution < 1.29 is 23.0 Å². The van der Waals surface area contributed by atoms with E-state index in [1.807, 2.05) is 11.0 Å². The van der Waals surface area contributed by atoms with Crippen LogP contribution in [0.5, 0.6) is 5.75 Å². The maximum Gasteiger partial charge on any atom is 0.414 e. The zero-order chi connectivity index (χ0) is 16.9. The number of rotatable bonds is 5. The van der Waals surface area contributed by atoms with E-state index in [0.29, 0.717) is 50.4 Å². The predicted molar refractivity (Wildman–Crippen MR) is 77.9 cm³/mol. The molecular weight excluding hydrogens is 309 g/mol. The van der Waals surface area contributed by atoms with Crippen LogP contribution in [0.25, 0.3) is 0 Å². The molecule has 7 heteroatoms. The van der Waals surface area contributed by atoms with Crippen LogP contribution in [0.1, 0.15) is 18.4 Å². The monoisotopic (exact) mass is 328 g/mol. The number of hydrogen-bond acceptors (Lipinski definition) is 4. The van der Waals surface area contributed by atoms with Crippen molar-refractivity contribution in [2.45, 2.75) is 25.1 Å². The summed E-state index contributed by atoms with van der Waals surface area (Å²) in [5.74, 6) is -0.0583. The first-order valence-electron chi connectivity index (χ1n) is 7.50. The van der Waals surface area contributed by atoms with Gasteiger partial charge in [-0.2, -0.15) is 18.4 Å². The van der Waals surface area contributed by atoms with Gasteiger partial charge in [0.15, 0.2) is 6.10 Å². The van der Waals surface area contributed by atoms with Gasteiger partial charge in [-0.3, -0.25) is 4.90 Å². The Bertz CT molecular complexity index is 532. The summed E-state index contributed by atoms with van der Waals surface area (Å²) >= 11 is 0. The minimum Gasteiger partial charge on any atom is -0.492 e. The average molecular weight is 328 g/mol. The molecule has 0 aromatic heterocycles. The molecule has 0 bridgehead atoms. The van der Waals surface area contributed by atoms with Crippen molar-refractivity contribution in [3.05, 3.63) is 29.8 Å². The van der Waals surface area contributed by atoms with Crippen molar-refractivity contribution in [3.8, 4) is 11.8 Å². The lowest BCUT2D eigenvalue weighted by Crippen LogP contribution is -2.44. The Balaban J connectivity index is 1.69.